The van der Waals surface area contributed by atoms with Crippen molar-refractivity contribution in [3.05, 3.63) is 99.4 Å². The van der Waals surface area contributed by atoms with E-state index in [0.29, 0.717) is 23.4 Å². The van der Waals surface area contributed by atoms with Crippen LogP contribution in [0.1, 0.15) is 80.8 Å². The lowest BCUT2D eigenvalue weighted by Gasteiger charge is -2.28. The third kappa shape index (κ3) is 9.78. The summed E-state index contributed by atoms with van der Waals surface area (Å²) in [7, 11) is 1.51. The number of nitrogens with zero attached hydrogens (tertiary/aromatic N) is 3. The van der Waals surface area contributed by atoms with Crippen LogP contribution in [0.3, 0.4) is 0 Å². The molecule has 0 radical (unpaired) electrons. The Morgan fingerprint density at radius 1 is 1.09 bits per heavy atom. The van der Waals surface area contributed by atoms with Gasteiger partial charge in [0.2, 0.25) is 0 Å². The van der Waals surface area contributed by atoms with Gasteiger partial charge in [-0.15, -0.1) is 0 Å². The van der Waals surface area contributed by atoms with Gasteiger partial charge in [0.25, 0.3) is 0 Å². The first-order chi connectivity index (χ1) is 21.8. The molecule has 8 nitrogen and oxygen atoms in total. The first-order valence-electron chi connectivity index (χ1n) is 15.6. The number of hydrogen-bond donors (Lipinski definition) is 3. The van der Waals surface area contributed by atoms with Crippen molar-refractivity contribution >= 4 is 25.3 Å². The monoisotopic (exact) mass is 643 g/mol. The summed E-state index contributed by atoms with van der Waals surface area (Å²) in [5.41, 5.74) is 11.4. The third-order valence-corrected chi connectivity index (χ3v) is 8.09. The normalized spacial score (nSPS) is 13.6. The number of aldehydes is 1. The molecular weight excluding hydrogens is 596 g/mol. The van der Waals surface area contributed by atoms with Gasteiger partial charge >= 0.3 is 0 Å². The number of ether oxygens (including phenoxy) is 2. The van der Waals surface area contributed by atoms with Crippen molar-refractivity contribution in [2.45, 2.75) is 66.2 Å². The van der Waals surface area contributed by atoms with Crippen LogP contribution >= 0.6 is 12.8 Å². The average molecular weight is 644 g/mol. The molecule has 0 aliphatic heterocycles. The number of aryl methyl sites for hydroxylation is 2. The molecule has 0 bridgehead atoms. The van der Waals surface area contributed by atoms with Crippen LogP contribution in [0, 0.1) is 18.3 Å². The molecular formula is C37H47N4O4S+. The molecule has 0 aliphatic rings. The van der Waals surface area contributed by atoms with E-state index in [0.717, 1.165) is 63.8 Å². The number of nitriles is 1. The third-order valence-electron chi connectivity index (χ3n) is 7.99. The second kappa shape index (κ2) is 16.6. The van der Waals surface area contributed by atoms with Crippen LogP contribution in [0.2, 0.25) is 0 Å². The molecule has 0 aromatic heterocycles. The molecule has 0 spiro atoms. The van der Waals surface area contributed by atoms with E-state index in [1.807, 2.05) is 33.1 Å². The molecule has 2 N–H and O–H groups in total. The lowest BCUT2D eigenvalue weighted by Crippen LogP contribution is -2.43. The van der Waals surface area contributed by atoms with Gasteiger partial charge in [-0.2, -0.15) is 15.9 Å². The minimum absolute atomic E-state index is 0.0254. The summed E-state index contributed by atoms with van der Waals surface area (Å²) in [6.07, 6.45) is 4.99. The fraction of sp³-hybridized carbons (Fsp3) is 0.378. The van der Waals surface area contributed by atoms with Crippen LogP contribution < -0.4 is 10.2 Å². The molecule has 1 atom stereocenters. The lowest BCUT2D eigenvalue weighted by atomic mass is 9.76. The maximum atomic E-state index is 10.5. The topological polar surface area (TPSA) is 104 Å². The number of quaternary nitrogens is 1. The van der Waals surface area contributed by atoms with Crippen molar-refractivity contribution in [2.24, 2.45) is 4.99 Å². The molecule has 3 rings (SSSR count). The SMILES string of the molecule is CCCc1cc(C(C)(C)c2ccc(-c3ccc(C)c(/C=N\C(N[N+](C)(O)S)=C(C)CC)c3)cc2)cc(C#N)c1OCCOCC=O. The van der Waals surface area contributed by atoms with E-state index >= 15 is 0 Å². The molecule has 3 aromatic rings. The molecule has 46 heavy (non-hydrogen) atoms. The van der Waals surface area contributed by atoms with E-state index in [9.17, 15) is 15.3 Å². The van der Waals surface area contributed by atoms with Gasteiger partial charge in [0.05, 0.1) is 12.2 Å². The highest BCUT2D eigenvalue weighted by Gasteiger charge is 2.26. The highest BCUT2D eigenvalue weighted by Crippen LogP contribution is 2.37. The Morgan fingerprint density at radius 3 is 2.39 bits per heavy atom. The summed E-state index contributed by atoms with van der Waals surface area (Å²) in [5.74, 6) is 1.16. The van der Waals surface area contributed by atoms with Crippen molar-refractivity contribution < 1.29 is 23.6 Å². The van der Waals surface area contributed by atoms with Gasteiger partial charge in [0, 0.05) is 11.6 Å². The molecule has 9 heteroatoms. The van der Waals surface area contributed by atoms with E-state index in [4.69, 9.17) is 9.47 Å². The van der Waals surface area contributed by atoms with E-state index in [2.05, 4.69) is 98.6 Å². The molecule has 3 aromatic carbocycles. The van der Waals surface area contributed by atoms with Gasteiger partial charge in [-0.25, -0.2) is 4.99 Å². The van der Waals surface area contributed by atoms with Crippen LogP contribution in [0.4, 0.5) is 0 Å². The Labute approximate surface area is 279 Å². The molecule has 0 aliphatic carbocycles. The number of benzene rings is 3. The van der Waals surface area contributed by atoms with Crippen molar-refractivity contribution in [1.29, 1.82) is 5.26 Å². The van der Waals surface area contributed by atoms with Crippen molar-refractivity contribution in [2.75, 3.05) is 26.9 Å². The zero-order chi connectivity index (χ0) is 33.9. The van der Waals surface area contributed by atoms with Crippen LogP contribution in [0.15, 0.2) is 71.0 Å². The zero-order valence-electron chi connectivity index (χ0n) is 28.1. The second-order valence-corrected chi connectivity index (χ2v) is 12.8. The number of carbonyl (C=O) groups excluding carboxylic acids is 1. The van der Waals surface area contributed by atoms with Gasteiger partial charge < -0.3 is 14.3 Å². The van der Waals surface area contributed by atoms with Gasteiger partial charge in [-0.1, -0.05) is 76.6 Å². The van der Waals surface area contributed by atoms with Crippen LogP contribution in [-0.4, -0.2) is 48.7 Å². The quantitative estimate of drug-likeness (QED) is 0.0370. The maximum absolute atomic E-state index is 10.5. The van der Waals surface area contributed by atoms with E-state index in [1.54, 1.807) is 0 Å². The highest BCUT2D eigenvalue weighted by atomic mass is 32.1. The molecule has 0 saturated heterocycles. The van der Waals surface area contributed by atoms with Crippen molar-refractivity contribution in [3.63, 3.8) is 0 Å². The van der Waals surface area contributed by atoms with Gasteiger partial charge in [-0.05, 0) is 87.5 Å². The maximum Gasteiger partial charge on any atom is 0.177 e. The van der Waals surface area contributed by atoms with Gasteiger partial charge in [0.1, 0.15) is 51.2 Å². The minimum Gasteiger partial charge on any atom is -0.490 e. The molecule has 0 saturated carbocycles. The first kappa shape index (κ1) is 36.5. The van der Waals surface area contributed by atoms with Gasteiger partial charge in [-0.3, -0.25) is 0 Å². The zero-order valence-corrected chi connectivity index (χ0v) is 28.9. The predicted molar refractivity (Wildman–Crippen MR) is 187 cm³/mol. The van der Waals surface area contributed by atoms with E-state index < -0.39 is 4.16 Å². The van der Waals surface area contributed by atoms with Crippen LogP contribution in [0.25, 0.3) is 11.1 Å². The Balaban J connectivity index is 1.91. The predicted octanol–water partition coefficient (Wildman–Crippen LogP) is 7.65. The first-order valence-corrected chi connectivity index (χ1v) is 16.0. The van der Waals surface area contributed by atoms with Crippen LogP contribution in [0.5, 0.6) is 5.75 Å². The smallest absolute Gasteiger partial charge is 0.177 e. The number of hydroxylamine groups is 1. The molecule has 0 heterocycles. The standard InChI is InChI=1S/C37H47N4O4S/c1-8-10-30-22-34(23-31(24-38)35(30)45-20-19-44-18-17-42)37(5,6)33-15-13-28(14-16-33)29-12-11-27(4)32(21-29)25-39-36(26(3)9-2)40-41(7,43)46/h11-17,21-23,25,40,43,46H,8-10,18-20H2,1-7H3/q+1/b36-26?,39-25-. The summed E-state index contributed by atoms with van der Waals surface area (Å²) >= 11 is 4.13. The van der Waals surface area contributed by atoms with Gasteiger partial charge in [0.15, 0.2) is 5.82 Å². The molecule has 1 unspecified atom stereocenters. The number of nitrogens with one attached hydrogen (secondary N) is 1. The highest BCUT2D eigenvalue weighted by molar-refractivity contribution is 7.74. The Bertz CT molecular complexity index is 1600. The Hall–Kier alpha value is -3.94. The molecule has 0 fully saturated rings. The number of allylic oxidation sites excluding steroid dienone is 1. The largest absolute Gasteiger partial charge is 0.490 e. The summed E-state index contributed by atoms with van der Waals surface area (Å²) in [6.45, 7) is 13.1. The average Bonchev–Trinajstić information content (AvgIpc) is 3.03. The summed E-state index contributed by atoms with van der Waals surface area (Å²) < 4.78 is 10.5. The van der Waals surface area contributed by atoms with E-state index in [-0.39, 0.29) is 25.2 Å². The fourth-order valence-electron chi connectivity index (χ4n) is 5.03. The number of rotatable bonds is 16. The fourth-order valence-corrected chi connectivity index (χ4v) is 5.13. The number of thiol groups is 1. The minimum atomic E-state index is -0.722. The van der Waals surface area contributed by atoms with E-state index in [1.165, 1.54) is 7.05 Å². The molecule has 0 amide bonds. The Kier molecular flexibility index (Phi) is 13.2. The summed E-state index contributed by atoms with van der Waals surface area (Å²) in [6, 6.07) is 21.2. The van der Waals surface area contributed by atoms with Crippen LogP contribution in [-0.2, 0) is 21.4 Å². The van der Waals surface area contributed by atoms with Crippen molar-refractivity contribution in [3.8, 4) is 22.9 Å². The number of aliphatic imine (C=N–C) groups is 1. The Morgan fingerprint density at radius 2 is 1.78 bits per heavy atom. The second-order valence-electron chi connectivity index (χ2n) is 12.0. The number of carbonyl (C=O) groups is 1. The summed E-state index contributed by atoms with van der Waals surface area (Å²) in [5, 5.41) is 20.1. The lowest BCUT2D eigenvalue weighted by molar-refractivity contribution is -1.01. The summed E-state index contributed by atoms with van der Waals surface area (Å²) in [4.78, 5) is 15.2. The van der Waals surface area contributed by atoms with Crippen molar-refractivity contribution in [1.82, 2.24) is 5.43 Å². The molecule has 244 valence electrons. The number of hydrogen-bond acceptors (Lipinski definition) is 8.